The number of nitrogens with zero attached hydrogens (tertiary/aromatic N) is 3. The van der Waals surface area contributed by atoms with Gasteiger partial charge in [-0.15, -0.1) is 0 Å². The maximum absolute atomic E-state index is 14.5. The second-order valence-electron chi connectivity index (χ2n) is 20.0. The van der Waals surface area contributed by atoms with Gasteiger partial charge in [0.05, 0.1) is 6.04 Å². The van der Waals surface area contributed by atoms with Gasteiger partial charge >= 0.3 is 0 Å². The Bertz CT molecular complexity index is 2600. The summed E-state index contributed by atoms with van der Waals surface area (Å²) in [5, 5.41) is 31.1. The van der Waals surface area contributed by atoms with E-state index in [1.54, 1.807) is 24.3 Å². The number of carbonyl (C=O) groups excluding carboxylic acids is 6. The summed E-state index contributed by atoms with van der Waals surface area (Å²) in [6.45, 7) is 6.40. The van der Waals surface area contributed by atoms with Gasteiger partial charge in [-0.2, -0.15) is 0 Å². The van der Waals surface area contributed by atoms with E-state index in [-0.39, 0.29) is 75.6 Å². The molecular weight excluding hydrogens is 955 g/mol. The Hall–Kier alpha value is -7.51. The van der Waals surface area contributed by atoms with Crippen LogP contribution in [0.3, 0.4) is 0 Å². The lowest BCUT2D eigenvalue weighted by Crippen LogP contribution is -2.56. The first kappa shape index (κ1) is 56.8. The highest BCUT2D eigenvalue weighted by molar-refractivity contribution is 5.94. The first-order chi connectivity index (χ1) is 35.9. The average molecular weight is 1030 g/mol. The van der Waals surface area contributed by atoms with E-state index in [0.29, 0.717) is 30.9 Å². The van der Waals surface area contributed by atoms with Crippen molar-refractivity contribution < 1.29 is 39.0 Å². The van der Waals surface area contributed by atoms with Crippen LogP contribution in [0.25, 0.3) is 0 Å². The monoisotopic (exact) mass is 1030 g/mol. The van der Waals surface area contributed by atoms with E-state index in [4.69, 9.17) is 22.9 Å². The summed E-state index contributed by atoms with van der Waals surface area (Å²) >= 11 is 0. The highest BCUT2D eigenvalue weighted by Crippen LogP contribution is 2.25. The van der Waals surface area contributed by atoms with Crippen LogP contribution in [0.15, 0.2) is 96.0 Å². The van der Waals surface area contributed by atoms with E-state index in [1.165, 1.54) is 22.6 Å². The van der Waals surface area contributed by atoms with Gasteiger partial charge in [0.1, 0.15) is 35.7 Å². The van der Waals surface area contributed by atoms with Gasteiger partial charge in [0, 0.05) is 38.9 Å². The van der Waals surface area contributed by atoms with Crippen LogP contribution in [0.1, 0.15) is 83.9 Å². The van der Waals surface area contributed by atoms with Gasteiger partial charge in [-0.1, -0.05) is 66.7 Å². The normalized spacial score (nSPS) is 16.5. The van der Waals surface area contributed by atoms with E-state index in [0.717, 1.165) is 60.2 Å². The molecule has 75 heavy (non-hydrogen) atoms. The van der Waals surface area contributed by atoms with Crippen molar-refractivity contribution >= 4 is 41.4 Å². The molecule has 0 saturated carbocycles. The maximum atomic E-state index is 14.5. The Balaban J connectivity index is 1.12. The molecule has 19 nitrogen and oxygen atoms in total. The van der Waals surface area contributed by atoms with Crippen LogP contribution in [0.4, 0.5) is 0 Å². The summed E-state index contributed by atoms with van der Waals surface area (Å²) in [5.74, 6) is -2.93. The molecule has 2 aliphatic rings. The summed E-state index contributed by atoms with van der Waals surface area (Å²) in [4.78, 5) is 91.0. The van der Waals surface area contributed by atoms with Crippen molar-refractivity contribution in [1.29, 1.82) is 0 Å². The van der Waals surface area contributed by atoms with Gasteiger partial charge in [-0.05, 0) is 154 Å². The van der Waals surface area contributed by atoms with Gasteiger partial charge in [-0.3, -0.25) is 33.8 Å². The third kappa shape index (κ3) is 17.6. The number of carbonyl (C=O) groups is 6. The van der Waals surface area contributed by atoms with Crippen LogP contribution in [0.2, 0.25) is 0 Å². The number of nitrogens with two attached hydrogens (primary N) is 4. The van der Waals surface area contributed by atoms with Crippen LogP contribution in [0, 0.1) is 19.8 Å². The fraction of sp³-hybridized carbons (Fsp3) is 0.446. The number of nitrogens with one attached hydrogen (secondary N) is 4. The number of aryl methyl sites for hydroxylation is 2. The number of phenolic OH excluding ortho intramolecular Hbond substituents is 2. The third-order valence-corrected chi connectivity index (χ3v) is 14.2. The Morgan fingerprint density at radius 1 is 0.707 bits per heavy atom. The largest absolute Gasteiger partial charge is 0.508 e. The number of fused-ring (bicyclic) bond motifs is 1. The number of primary amides is 1. The van der Waals surface area contributed by atoms with E-state index >= 15 is 0 Å². The first-order valence-corrected chi connectivity index (χ1v) is 25.9. The molecule has 0 radical (unpaired) electrons. The Morgan fingerprint density at radius 3 is 2.00 bits per heavy atom. The van der Waals surface area contributed by atoms with E-state index in [1.807, 2.05) is 44.2 Å². The Morgan fingerprint density at radius 2 is 1.33 bits per heavy atom. The number of amides is 6. The molecule has 0 unspecified atom stereocenters. The summed E-state index contributed by atoms with van der Waals surface area (Å²) in [5.41, 5.74) is 29.2. The molecule has 4 aromatic carbocycles. The van der Waals surface area contributed by atoms with Crippen molar-refractivity contribution in [1.82, 2.24) is 31.1 Å². The summed E-state index contributed by atoms with van der Waals surface area (Å²) in [6.07, 6.45) is 4.52. The smallest absolute Gasteiger partial charge is 0.245 e. The number of rotatable bonds is 25. The summed E-state index contributed by atoms with van der Waals surface area (Å²) < 4.78 is 0. The number of likely N-dealkylation sites (tertiary alicyclic amines) is 1. The lowest BCUT2D eigenvalue weighted by molar-refractivity contribution is -0.138. The Kier molecular flexibility index (Phi) is 21.0. The molecule has 0 aromatic heterocycles. The van der Waals surface area contributed by atoms with Crippen LogP contribution in [-0.2, 0) is 61.0 Å². The number of aliphatic imine (C=N–C) groups is 1. The predicted octanol–water partition coefficient (Wildman–Crippen LogP) is 2.02. The lowest BCUT2D eigenvalue weighted by atomic mass is 9.90. The van der Waals surface area contributed by atoms with E-state index in [2.05, 4.69) is 55.4 Å². The zero-order chi connectivity index (χ0) is 54.0. The summed E-state index contributed by atoms with van der Waals surface area (Å²) in [7, 11) is 0. The average Bonchev–Trinajstić information content (AvgIpc) is 3.50. The number of benzene rings is 4. The predicted molar refractivity (Wildman–Crippen MR) is 287 cm³/mol. The molecule has 0 spiro atoms. The van der Waals surface area contributed by atoms with Crippen molar-refractivity contribution in [2.24, 2.45) is 33.8 Å². The first-order valence-electron chi connectivity index (χ1n) is 25.9. The van der Waals surface area contributed by atoms with Crippen molar-refractivity contribution in [3.8, 4) is 11.5 Å². The molecule has 402 valence electrons. The molecule has 0 bridgehead atoms. The molecule has 1 saturated heterocycles. The topological polar surface area (TPSA) is 314 Å². The molecular formula is C56H75N11O8. The number of phenols is 2. The molecule has 5 atom stereocenters. The number of hydrogen-bond donors (Lipinski definition) is 10. The van der Waals surface area contributed by atoms with Crippen LogP contribution in [-0.4, -0.2) is 124 Å². The molecule has 14 N–H and O–H groups in total. The second kappa shape index (κ2) is 27.7. The number of guanidine groups is 1. The lowest BCUT2D eigenvalue weighted by Gasteiger charge is -2.32. The fourth-order valence-electron chi connectivity index (χ4n) is 9.97. The van der Waals surface area contributed by atoms with Gasteiger partial charge in [-0.25, -0.2) is 0 Å². The quantitative estimate of drug-likeness (QED) is 0.0259. The van der Waals surface area contributed by atoms with Crippen LogP contribution < -0.4 is 44.2 Å². The molecule has 6 rings (SSSR count). The van der Waals surface area contributed by atoms with E-state index < -0.39 is 65.7 Å². The molecule has 19 heteroatoms. The minimum Gasteiger partial charge on any atom is -0.508 e. The minimum absolute atomic E-state index is 0.0461. The van der Waals surface area contributed by atoms with E-state index in [9.17, 15) is 39.0 Å². The number of aromatic hydroxyl groups is 2. The molecule has 1 fully saturated rings. The molecule has 0 aliphatic carbocycles. The zero-order valence-electron chi connectivity index (χ0n) is 43.1. The van der Waals surface area contributed by atoms with Crippen LogP contribution in [0.5, 0.6) is 11.5 Å². The van der Waals surface area contributed by atoms with Gasteiger partial charge in [0.15, 0.2) is 5.96 Å². The van der Waals surface area contributed by atoms with Crippen molar-refractivity contribution in [3.05, 3.63) is 130 Å². The fourth-order valence-corrected chi connectivity index (χ4v) is 9.97. The van der Waals surface area contributed by atoms with Crippen molar-refractivity contribution in [2.45, 2.75) is 121 Å². The summed E-state index contributed by atoms with van der Waals surface area (Å²) in [6, 6.07) is 21.9. The highest BCUT2D eigenvalue weighted by Gasteiger charge is 2.34. The number of hydrogen-bond acceptors (Lipinski definition) is 11. The standard InChI is InChI=1S/C56H75N11O8/c1-35-28-43(69)29-36(2)44(35)33-45(57)52(72)63-47(14-8-23-61-56(59)60)54(74)65-49-32-40-12-6-7-13-41(40)34-67(55(49)75)27-22-50(70)62-46(53(73)64-48(51(58)71)31-38-16-18-42(68)19-17-38)15-9-24-66-25-20-39(21-26-66)30-37-10-4-3-5-11-37/h3-7,10-13,16-19,28-29,39,45-49,68-69H,8-9,14-15,20-27,30-34,57H2,1-2H3,(H2,58,71)(H,62,70)(H,63,72)(H,64,73)(H,65,74)(H4,59,60,61)/t45-,46-,47+,48-,49-/m0/s1. The van der Waals surface area contributed by atoms with Crippen molar-refractivity contribution in [2.75, 3.05) is 32.7 Å². The molecule has 6 amide bonds. The van der Waals surface area contributed by atoms with Crippen LogP contribution >= 0.6 is 0 Å². The minimum atomic E-state index is -1.13. The molecule has 4 aromatic rings. The Labute approximate surface area is 439 Å². The number of piperidine rings is 1. The van der Waals surface area contributed by atoms with Gasteiger partial charge in [0.2, 0.25) is 35.4 Å². The zero-order valence-corrected chi connectivity index (χ0v) is 43.1. The van der Waals surface area contributed by atoms with Gasteiger partial charge < -0.3 is 64.2 Å². The third-order valence-electron chi connectivity index (χ3n) is 14.2. The molecule has 2 heterocycles. The van der Waals surface area contributed by atoms with Crippen molar-refractivity contribution in [3.63, 3.8) is 0 Å². The van der Waals surface area contributed by atoms with Gasteiger partial charge in [0.25, 0.3) is 0 Å². The second-order valence-corrected chi connectivity index (χ2v) is 20.0. The maximum Gasteiger partial charge on any atom is 0.245 e. The SMILES string of the molecule is Cc1cc(O)cc(C)c1C[C@H](N)C(=O)N[C@H](CCCN=C(N)N)C(=O)N[C@H]1Cc2ccccc2CN(CCC(=O)N[C@@H](CCCN2CCC(Cc3ccccc3)CC2)C(=O)N[C@@H](Cc2ccc(O)cc2)C(N)=O)C1=O. The highest BCUT2D eigenvalue weighted by atomic mass is 16.3. The molecule has 2 aliphatic heterocycles.